The Morgan fingerprint density at radius 2 is 1.77 bits per heavy atom. The molecule has 1 aromatic heterocycles. The van der Waals surface area contributed by atoms with E-state index in [-0.39, 0.29) is 17.2 Å². The topological polar surface area (TPSA) is 71.7 Å². The Morgan fingerprint density at radius 3 is 2.51 bits per heavy atom. The summed E-state index contributed by atoms with van der Waals surface area (Å²) in [6.45, 7) is 2.06. The second-order valence-electron chi connectivity index (χ2n) is 8.95. The SMILES string of the molecule is Cc1ccc([C@H]2C3=C(N=c4s/c(=C\c5ccc(C(=O)O)cc5)c(=O)n42)c2ccccc2CC3)cc1. The lowest BCUT2D eigenvalue weighted by Crippen LogP contribution is -2.38. The number of carboxylic acid groups (broad SMARTS) is 1. The highest BCUT2D eigenvalue weighted by Gasteiger charge is 2.32. The van der Waals surface area contributed by atoms with Crippen LogP contribution in [-0.2, 0) is 6.42 Å². The molecule has 0 fully saturated rings. The van der Waals surface area contributed by atoms with Crippen LogP contribution in [0.1, 0.15) is 50.6 Å². The van der Waals surface area contributed by atoms with E-state index in [1.807, 2.05) is 16.7 Å². The second kappa shape index (κ2) is 8.32. The maximum atomic E-state index is 13.7. The number of nitrogens with zero attached hydrogens (tertiary/aromatic N) is 2. The fourth-order valence-corrected chi connectivity index (χ4v) is 5.95. The number of aromatic nitrogens is 1. The Balaban J connectivity index is 1.57. The number of hydrogen-bond donors (Lipinski definition) is 1. The molecule has 1 aliphatic heterocycles. The molecule has 0 unspecified atom stereocenters. The number of aryl methyl sites for hydroxylation is 2. The first-order valence-corrected chi connectivity index (χ1v) is 12.3. The van der Waals surface area contributed by atoms with E-state index in [1.165, 1.54) is 28.0 Å². The van der Waals surface area contributed by atoms with Crippen molar-refractivity contribution < 1.29 is 9.90 Å². The number of thiazole rings is 1. The molecule has 0 spiro atoms. The van der Waals surface area contributed by atoms with Gasteiger partial charge < -0.3 is 5.11 Å². The lowest BCUT2D eigenvalue weighted by Gasteiger charge is -2.30. The third kappa shape index (κ3) is 3.67. The van der Waals surface area contributed by atoms with Gasteiger partial charge in [-0.15, -0.1) is 0 Å². The highest BCUT2D eigenvalue weighted by Crippen LogP contribution is 2.41. The maximum absolute atomic E-state index is 13.7. The predicted octanol–water partition coefficient (Wildman–Crippen LogP) is 4.33. The van der Waals surface area contributed by atoms with Crippen molar-refractivity contribution in [3.8, 4) is 0 Å². The molecule has 172 valence electrons. The van der Waals surface area contributed by atoms with Crippen molar-refractivity contribution in [1.29, 1.82) is 0 Å². The molecular weight excluding hydrogens is 456 g/mol. The molecule has 4 aromatic rings. The molecule has 6 heteroatoms. The van der Waals surface area contributed by atoms with Crippen molar-refractivity contribution in [3.05, 3.63) is 131 Å². The van der Waals surface area contributed by atoms with Crippen LogP contribution in [0.15, 0.2) is 88.2 Å². The summed E-state index contributed by atoms with van der Waals surface area (Å²) < 4.78 is 2.41. The Kier molecular flexibility index (Phi) is 5.11. The van der Waals surface area contributed by atoms with Crippen LogP contribution in [0.2, 0.25) is 0 Å². The Morgan fingerprint density at radius 1 is 1.03 bits per heavy atom. The van der Waals surface area contributed by atoms with Crippen molar-refractivity contribution in [3.63, 3.8) is 0 Å². The van der Waals surface area contributed by atoms with Crippen molar-refractivity contribution in [1.82, 2.24) is 4.57 Å². The number of rotatable bonds is 3. The number of carbonyl (C=O) groups is 1. The molecule has 0 bridgehead atoms. The van der Waals surface area contributed by atoms with E-state index in [9.17, 15) is 9.59 Å². The molecule has 35 heavy (non-hydrogen) atoms. The van der Waals surface area contributed by atoms with Crippen LogP contribution in [0.3, 0.4) is 0 Å². The predicted molar refractivity (Wildman–Crippen MR) is 137 cm³/mol. The van der Waals surface area contributed by atoms with E-state index in [4.69, 9.17) is 10.1 Å². The summed E-state index contributed by atoms with van der Waals surface area (Å²) in [7, 11) is 0. The van der Waals surface area contributed by atoms with Crippen LogP contribution in [-0.4, -0.2) is 15.6 Å². The summed E-state index contributed by atoms with van der Waals surface area (Å²) >= 11 is 1.38. The summed E-state index contributed by atoms with van der Waals surface area (Å²) in [5.74, 6) is -0.972. The smallest absolute Gasteiger partial charge is 0.335 e. The fraction of sp³-hybridized carbons (Fsp3) is 0.138. The quantitative estimate of drug-likeness (QED) is 0.477. The second-order valence-corrected chi connectivity index (χ2v) is 9.96. The number of allylic oxidation sites excluding steroid dienone is 1. The van der Waals surface area contributed by atoms with Crippen LogP contribution in [0.5, 0.6) is 0 Å². The van der Waals surface area contributed by atoms with Gasteiger partial charge in [-0.05, 0) is 60.2 Å². The van der Waals surface area contributed by atoms with Gasteiger partial charge in [0, 0.05) is 5.56 Å². The van der Waals surface area contributed by atoms with E-state index in [1.54, 1.807) is 24.3 Å². The summed E-state index contributed by atoms with van der Waals surface area (Å²) in [5.41, 5.74) is 7.77. The minimum absolute atomic E-state index is 0.0768. The average molecular weight is 479 g/mol. The van der Waals surface area contributed by atoms with E-state index < -0.39 is 5.97 Å². The molecule has 1 aliphatic carbocycles. The van der Waals surface area contributed by atoms with Gasteiger partial charge in [-0.3, -0.25) is 9.36 Å². The van der Waals surface area contributed by atoms with Crippen molar-refractivity contribution in [2.45, 2.75) is 25.8 Å². The minimum Gasteiger partial charge on any atom is -0.478 e. The van der Waals surface area contributed by atoms with Crippen LogP contribution in [0.25, 0.3) is 11.8 Å². The normalized spacial score (nSPS) is 16.8. The Labute approximate surface area is 205 Å². The van der Waals surface area contributed by atoms with Crippen molar-refractivity contribution in [2.24, 2.45) is 4.99 Å². The number of carboxylic acids is 1. The van der Waals surface area contributed by atoms with E-state index in [0.717, 1.165) is 35.2 Å². The van der Waals surface area contributed by atoms with Crippen LogP contribution in [0.4, 0.5) is 0 Å². The molecule has 3 aromatic carbocycles. The van der Waals surface area contributed by atoms with Gasteiger partial charge in [0.15, 0.2) is 4.80 Å². The van der Waals surface area contributed by atoms with Gasteiger partial charge in [0.1, 0.15) is 0 Å². The average Bonchev–Trinajstić information content (AvgIpc) is 3.18. The minimum atomic E-state index is -0.972. The zero-order valence-corrected chi connectivity index (χ0v) is 19.9. The molecule has 0 saturated heterocycles. The molecule has 2 aliphatic rings. The molecule has 0 saturated carbocycles. The standard InChI is InChI=1S/C29H22N2O3S/c1-17-6-10-20(11-7-17)26-23-15-14-19-4-2-3-5-22(19)25(23)30-29-31(26)27(32)24(35-29)16-18-8-12-21(13-9-18)28(33)34/h2-13,16,26H,14-15H2,1H3,(H,33,34)/b24-16-/t26-/m0/s1. The third-order valence-corrected chi connectivity index (χ3v) is 7.70. The van der Waals surface area contributed by atoms with Gasteiger partial charge in [-0.25, -0.2) is 9.79 Å². The largest absolute Gasteiger partial charge is 0.478 e. The van der Waals surface area contributed by atoms with Crippen molar-refractivity contribution in [2.75, 3.05) is 0 Å². The van der Waals surface area contributed by atoms with Crippen LogP contribution < -0.4 is 14.9 Å². The number of benzene rings is 3. The van der Waals surface area contributed by atoms with Crippen LogP contribution >= 0.6 is 11.3 Å². The van der Waals surface area contributed by atoms with Gasteiger partial charge in [-0.1, -0.05) is 77.6 Å². The van der Waals surface area contributed by atoms with Gasteiger partial charge in [-0.2, -0.15) is 0 Å². The molecule has 0 radical (unpaired) electrons. The monoisotopic (exact) mass is 478 g/mol. The lowest BCUT2D eigenvalue weighted by atomic mass is 9.83. The summed E-state index contributed by atoms with van der Waals surface area (Å²) in [6.07, 6.45) is 3.60. The first-order chi connectivity index (χ1) is 17.0. The van der Waals surface area contributed by atoms with Crippen LogP contribution in [0, 0.1) is 6.92 Å². The van der Waals surface area contributed by atoms with Gasteiger partial charge in [0.05, 0.1) is 21.8 Å². The lowest BCUT2D eigenvalue weighted by molar-refractivity contribution is 0.0697. The first-order valence-electron chi connectivity index (χ1n) is 11.5. The highest BCUT2D eigenvalue weighted by atomic mass is 32.1. The first kappa shape index (κ1) is 21.5. The number of fused-ring (bicyclic) bond motifs is 3. The van der Waals surface area contributed by atoms with E-state index in [0.29, 0.717) is 9.33 Å². The molecule has 0 amide bonds. The highest BCUT2D eigenvalue weighted by molar-refractivity contribution is 7.07. The Hall–Kier alpha value is -4.03. The number of hydrogen-bond acceptors (Lipinski definition) is 4. The van der Waals surface area contributed by atoms with Gasteiger partial charge >= 0.3 is 5.97 Å². The number of aromatic carboxylic acids is 1. The van der Waals surface area contributed by atoms with Crippen molar-refractivity contribution >= 4 is 29.1 Å². The molecule has 2 heterocycles. The molecular formula is C29H22N2O3S. The molecule has 1 atom stereocenters. The van der Waals surface area contributed by atoms with Gasteiger partial charge in [0.2, 0.25) is 0 Å². The fourth-order valence-electron chi connectivity index (χ4n) is 4.94. The van der Waals surface area contributed by atoms with Gasteiger partial charge in [0.25, 0.3) is 5.56 Å². The Bertz CT molecular complexity index is 1690. The summed E-state index contributed by atoms with van der Waals surface area (Å²) in [4.78, 5) is 30.6. The molecule has 6 rings (SSSR count). The summed E-state index contributed by atoms with van der Waals surface area (Å²) in [6, 6.07) is 23.1. The zero-order valence-electron chi connectivity index (χ0n) is 19.1. The molecule has 1 N–H and O–H groups in total. The molecule has 5 nitrogen and oxygen atoms in total. The third-order valence-electron chi connectivity index (χ3n) is 6.72. The summed E-state index contributed by atoms with van der Waals surface area (Å²) in [5, 5.41) is 9.17. The van der Waals surface area contributed by atoms with E-state index in [2.05, 4.69) is 49.4 Å². The van der Waals surface area contributed by atoms with E-state index >= 15 is 0 Å². The maximum Gasteiger partial charge on any atom is 0.335 e. The zero-order chi connectivity index (χ0) is 24.1.